The van der Waals surface area contributed by atoms with Crippen LogP contribution in [0.3, 0.4) is 0 Å². The van der Waals surface area contributed by atoms with Gasteiger partial charge < -0.3 is 4.42 Å². The molecule has 126 valence electrons. The molecular formula is C15H14ClN3O3S2. The number of thiophene rings is 1. The summed E-state index contributed by atoms with van der Waals surface area (Å²) in [6.07, 6.45) is 0.390. The van der Waals surface area contributed by atoms with Crippen molar-refractivity contribution in [2.45, 2.75) is 23.6 Å². The molecule has 0 aliphatic rings. The molecule has 1 aromatic carbocycles. The van der Waals surface area contributed by atoms with Crippen LogP contribution in [-0.2, 0) is 16.4 Å². The Labute approximate surface area is 148 Å². The Hall–Kier alpha value is -1.74. The highest BCUT2D eigenvalue weighted by atomic mass is 35.5. The Morgan fingerprint density at radius 1 is 1.21 bits per heavy atom. The van der Waals surface area contributed by atoms with Crippen molar-refractivity contribution in [3.8, 4) is 0 Å². The smallest absolute Gasteiger partial charge is 0.250 e. The third kappa shape index (κ3) is 4.02. The van der Waals surface area contributed by atoms with Gasteiger partial charge in [0.25, 0.3) is 10.0 Å². The molecule has 0 amide bonds. The van der Waals surface area contributed by atoms with Crippen molar-refractivity contribution in [2.24, 2.45) is 0 Å². The standard InChI is InChI=1S/C15H14ClN3O3S2/c1-10-17-18-15(22-10)12(9-11-5-3-2-4-6-11)19-24(20,21)14-8-7-13(16)23-14/h2-8,12,19H,9H2,1H3. The first kappa shape index (κ1) is 17.1. The average Bonchev–Trinajstić information content (AvgIpc) is 3.16. The topological polar surface area (TPSA) is 85.1 Å². The van der Waals surface area contributed by atoms with E-state index >= 15 is 0 Å². The van der Waals surface area contributed by atoms with Gasteiger partial charge in [0.1, 0.15) is 10.3 Å². The molecule has 9 heteroatoms. The minimum absolute atomic E-state index is 0.141. The first-order valence-electron chi connectivity index (χ1n) is 7.05. The van der Waals surface area contributed by atoms with Crippen molar-refractivity contribution >= 4 is 33.0 Å². The largest absolute Gasteiger partial charge is 0.424 e. The second kappa shape index (κ2) is 7.02. The Balaban J connectivity index is 1.90. The number of nitrogens with one attached hydrogen (secondary N) is 1. The Bertz CT molecular complexity index is 922. The minimum atomic E-state index is -3.74. The molecule has 0 bridgehead atoms. The molecule has 0 saturated heterocycles. The van der Waals surface area contributed by atoms with E-state index in [-0.39, 0.29) is 10.1 Å². The van der Waals surface area contributed by atoms with E-state index in [0.717, 1.165) is 16.9 Å². The SMILES string of the molecule is Cc1nnc(C(Cc2ccccc2)NS(=O)(=O)c2ccc(Cl)s2)o1. The Morgan fingerprint density at radius 3 is 2.54 bits per heavy atom. The second-order valence-corrected chi connectivity index (χ2v) is 8.74. The second-order valence-electron chi connectivity index (χ2n) is 5.08. The number of aryl methyl sites for hydroxylation is 1. The van der Waals surface area contributed by atoms with E-state index in [2.05, 4.69) is 14.9 Å². The van der Waals surface area contributed by atoms with E-state index in [9.17, 15) is 8.42 Å². The highest BCUT2D eigenvalue weighted by molar-refractivity contribution is 7.91. The summed E-state index contributed by atoms with van der Waals surface area (Å²) >= 11 is 6.83. The van der Waals surface area contributed by atoms with Crippen LogP contribution in [0.25, 0.3) is 0 Å². The fourth-order valence-corrected chi connectivity index (χ4v) is 4.86. The van der Waals surface area contributed by atoms with E-state index < -0.39 is 16.1 Å². The molecule has 0 radical (unpaired) electrons. The normalized spacial score (nSPS) is 13.1. The van der Waals surface area contributed by atoms with Gasteiger partial charge in [0.2, 0.25) is 11.8 Å². The van der Waals surface area contributed by atoms with Crippen molar-refractivity contribution in [3.63, 3.8) is 0 Å². The number of nitrogens with zero attached hydrogens (tertiary/aromatic N) is 2. The zero-order valence-corrected chi connectivity index (χ0v) is 15.0. The molecule has 1 N–H and O–H groups in total. The highest BCUT2D eigenvalue weighted by Crippen LogP contribution is 2.27. The maximum Gasteiger partial charge on any atom is 0.250 e. The molecule has 1 atom stereocenters. The van der Waals surface area contributed by atoms with Crippen molar-refractivity contribution in [2.75, 3.05) is 0 Å². The number of benzene rings is 1. The van der Waals surface area contributed by atoms with Crippen LogP contribution >= 0.6 is 22.9 Å². The number of hydrogen-bond acceptors (Lipinski definition) is 6. The van der Waals surface area contributed by atoms with Crippen LogP contribution < -0.4 is 4.72 Å². The molecule has 24 heavy (non-hydrogen) atoms. The lowest BCUT2D eigenvalue weighted by molar-refractivity contribution is 0.411. The summed E-state index contributed by atoms with van der Waals surface area (Å²) in [7, 11) is -3.74. The van der Waals surface area contributed by atoms with E-state index in [1.165, 1.54) is 6.07 Å². The van der Waals surface area contributed by atoms with Crippen molar-refractivity contribution in [3.05, 3.63) is 64.1 Å². The quantitative estimate of drug-likeness (QED) is 0.705. The van der Waals surface area contributed by atoms with Crippen LogP contribution in [0.15, 0.2) is 51.1 Å². The van der Waals surface area contributed by atoms with E-state index in [1.807, 2.05) is 30.3 Å². The number of hydrogen-bond donors (Lipinski definition) is 1. The van der Waals surface area contributed by atoms with Gasteiger partial charge in [-0.2, -0.15) is 4.72 Å². The summed E-state index contributed by atoms with van der Waals surface area (Å²) in [6.45, 7) is 1.66. The summed E-state index contributed by atoms with van der Waals surface area (Å²) in [5.41, 5.74) is 0.949. The zero-order chi connectivity index (χ0) is 17.2. The monoisotopic (exact) mass is 383 g/mol. The summed E-state index contributed by atoms with van der Waals surface area (Å²) < 4.78 is 33.8. The van der Waals surface area contributed by atoms with E-state index in [0.29, 0.717) is 16.6 Å². The predicted molar refractivity (Wildman–Crippen MR) is 91.6 cm³/mol. The summed E-state index contributed by atoms with van der Waals surface area (Å²) in [6, 6.07) is 11.8. The molecule has 2 aromatic heterocycles. The fourth-order valence-electron chi connectivity index (χ4n) is 2.17. The summed E-state index contributed by atoms with van der Waals surface area (Å²) in [5, 5.41) is 7.75. The van der Waals surface area contributed by atoms with Crippen LogP contribution in [0, 0.1) is 6.92 Å². The fraction of sp³-hybridized carbons (Fsp3) is 0.200. The van der Waals surface area contributed by atoms with Gasteiger partial charge in [-0.15, -0.1) is 21.5 Å². The van der Waals surface area contributed by atoms with Gasteiger partial charge in [0.15, 0.2) is 0 Å². The zero-order valence-electron chi connectivity index (χ0n) is 12.6. The van der Waals surface area contributed by atoms with Crippen LogP contribution in [0.4, 0.5) is 0 Å². The number of halogens is 1. The molecule has 0 saturated carbocycles. The minimum Gasteiger partial charge on any atom is -0.424 e. The van der Waals surface area contributed by atoms with Crippen LogP contribution in [0.2, 0.25) is 4.34 Å². The molecule has 0 aliphatic heterocycles. The van der Waals surface area contributed by atoms with Gasteiger partial charge in [-0.1, -0.05) is 41.9 Å². The Kier molecular flexibility index (Phi) is 5.00. The van der Waals surface area contributed by atoms with Crippen molar-refractivity contribution in [1.82, 2.24) is 14.9 Å². The van der Waals surface area contributed by atoms with E-state index in [4.69, 9.17) is 16.0 Å². The molecule has 3 rings (SSSR count). The number of sulfonamides is 1. The van der Waals surface area contributed by atoms with Gasteiger partial charge in [-0.3, -0.25) is 0 Å². The van der Waals surface area contributed by atoms with Crippen LogP contribution in [0.5, 0.6) is 0 Å². The molecule has 6 nitrogen and oxygen atoms in total. The molecule has 0 aliphatic carbocycles. The van der Waals surface area contributed by atoms with E-state index in [1.54, 1.807) is 13.0 Å². The molecule has 0 fully saturated rings. The van der Waals surface area contributed by atoms with Gasteiger partial charge in [-0.05, 0) is 24.1 Å². The average molecular weight is 384 g/mol. The van der Waals surface area contributed by atoms with Gasteiger partial charge in [-0.25, -0.2) is 8.42 Å². The first-order valence-corrected chi connectivity index (χ1v) is 9.73. The predicted octanol–water partition coefficient (Wildman–Crippen LogP) is 3.36. The maximum atomic E-state index is 12.6. The van der Waals surface area contributed by atoms with Crippen LogP contribution in [-0.4, -0.2) is 18.6 Å². The number of rotatable bonds is 6. The van der Waals surface area contributed by atoms with Crippen LogP contribution in [0.1, 0.15) is 23.4 Å². The molecule has 2 heterocycles. The lowest BCUT2D eigenvalue weighted by atomic mass is 10.1. The maximum absolute atomic E-state index is 12.6. The highest BCUT2D eigenvalue weighted by Gasteiger charge is 2.26. The van der Waals surface area contributed by atoms with Gasteiger partial charge in [0.05, 0.1) is 4.34 Å². The molecule has 0 spiro atoms. The Morgan fingerprint density at radius 2 is 1.96 bits per heavy atom. The summed E-state index contributed by atoms with van der Waals surface area (Å²) in [4.78, 5) is 0. The third-order valence-corrected chi connectivity index (χ3v) is 6.43. The molecular weight excluding hydrogens is 370 g/mol. The van der Waals surface area contributed by atoms with Crippen molar-refractivity contribution in [1.29, 1.82) is 0 Å². The molecule has 3 aromatic rings. The lowest BCUT2D eigenvalue weighted by Gasteiger charge is -2.15. The van der Waals surface area contributed by atoms with Gasteiger partial charge in [0, 0.05) is 6.92 Å². The lowest BCUT2D eigenvalue weighted by Crippen LogP contribution is -2.30. The third-order valence-electron chi connectivity index (χ3n) is 3.23. The van der Waals surface area contributed by atoms with Crippen molar-refractivity contribution < 1.29 is 12.8 Å². The van der Waals surface area contributed by atoms with Gasteiger partial charge >= 0.3 is 0 Å². The molecule has 1 unspecified atom stereocenters. The summed E-state index contributed by atoms with van der Waals surface area (Å²) in [5.74, 6) is 0.601. The first-order chi connectivity index (χ1) is 11.4. The number of aromatic nitrogens is 2.